The summed E-state index contributed by atoms with van der Waals surface area (Å²) in [6, 6.07) is 6.53. The van der Waals surface area contributed by atoms with Crippen molar-refractivity contribution in [2.45, 2.75) is 39.2 Å². The highest BCUT2D eigenvalue weighted by Gasteiger charge is 2.13. The van der Waals surface area contributed by atoms with E-state index in [-0.39, 0.29) is 17.9 Å². The van der Waals surface area contributed by atoms with Gasteiger partial charge in [0.25, 0.3) is 5.91 Å². The molecule has 0 fully saturated rings. The molecule has 1 unspecified atom stereocenters. The van der Waals surface area contributed by atoms with Gasteiger partial charge in [-0.05, 0) is 37.6 Å². The van der Waals surface area contributed by atoms with Gasteiger partial charge in [0.05, 0.1) is 6.04 Å². The summed E-state index contributed by atoms with van der Waals surface area (Å²) in [5.74, 6) is 0.374. The second-order valence-electron chi connectivity index (χ2n) is 5.29. The van der Waals surface area contributed by atoms with E-state index in [0.717, 1.165) is 12.8 Å². The lowest BCUT2D eigenvalue weighted by Crippen LogP contribution is -2.27. The lowest BCUT2D eigenvalue weighted by Gasteiger charge is -2.11. The minimum atomic E-state index is -0.265. The fourth-order valence-electron chi connectivity index (χ4n) is 2.04. The van der Waals surface area contributed by atoms with Gasteiger partial charge in [-0.25, -0.2) is 4.98 Å². The minimum absolute atomic E-state index is 0.0111. The molecule has 7 nitrogen and oxygen atoms in total. The molecule has 2 aromatic rings. The van der Waals surface area contributed by atoms with Crippen LogP contribution < -0.4 is 10.6 Å². The highest BCUT2D eigenvalue weighted by Crippen LogP contribution is 2.12. The number of hydrogen-bond donors (Lipinski definition) is 3. The normalized spacial score (nSPS) is 11.7. The van der Waals surface area contributed by atoms with Crippen molar-refractivity contribution in [2.75, 3.05) is 5.32 Å². The average molecular weight is 315 g/mol. The molecule has 23 heavy (non-hydrogen) atoms. The molecule has 0 saturated carbocycles. The van der Waals surface area contributed by atoms with Crippen LogP contribution in [0.1, 0.15) is 55.3 Å². The number of benzene rings is 1. The number of aromatic nitrogens is 3. The molecule has 2 amide bonds. The van der Waals surface area contributed by atoms with Gasteiger partial charge in [0.2, 0.25) is 5.91 Å². The second-order valence-corrected chi connectivity index (χ2v) is 5.29. The number of carbonyl (C=O) groups is 2. The largest absolute Gasteiger partial charge is 0.342 e. The summed E-state index contributed by atoms with van der Waals surface area (Å²) in [7, 11) is 0. The molecule has 1 atom stereocenters. The second kappa shape index (κ2) is 8.07. The number of nitrogens with zero attached hydrogens (tertiary/aromatic N) is 2. The number of anilines is 1. The molecule has 122 valence electrons. The fourth-order valence-corrected chi connectivity index (χ4v) is 2.04. The molecule has 2 rings (SSSR count). The predicted molar refractivity (Wildman–Crippen MR) is 86.9 cm³/mol. The zero-order valence-electron chi connectivity index (χ0n) is 13.3. The Morgan fingerprint density at radius 3 is 2.61 bits per heavy atom. The van der Waals surface area contributed by atoms with E-state index in [2.05, 4.69) is 25.8 Å². The monoisotopic (exact) mass is 315 g/mol. The maximum Gasteiger partial charge on any atom is 0.251 e. The topological polar surface area (TPSA) is 99.8 Å². The number of unbranched alkanes of at least 4 members (excludes halogenated alkanes) is 1. The van der Waals surface area contributed by atoms with Gasteiger partial charge in [0.15, 0.2) is 0 Å². The molecule has 1 heterocycles. The molecule has 0 aliphatic carbocycles. The van der Waals surface area contributed by atoms with Gasteiger partial charge in [-0.3, -0.25) is 14.7 Å². The molecule has 1 aromatic heterocycles. The van der Waals surface area contributed by atoms with Gasteiger partial charge >= 0.3 is 0 Å². The highest BCUT2D eigenvalue weighted by molar-refractivity contribution is 5.95. The summed E-state index contributed by atoms with van der Waals surface area (Å²) >= 11 is 0. The standard InChI is InChI=1S/C16H21N5O2/c1-3-4-5-14(22)20-13-8-6-12(7-9-13)16(23)19-11(2)15-17-10-18-21-15/h6-11H,3-5H2,1-2H3,(H,19,23)(H,20,22)(H,17,18,21). The van der Waals surface area contributed by atoms with Crippen LogP contribution in [0.5, 0.6) is 0 Å². The summed E-state index contributed by atoms with van der Waals surface area (Å²) < 4.78 is 0. The maximum atomic E-state index is 12.2. The van der Waals surface area contributed by atoms with Crippen LogP contribution >= 0.6 is 0 Å². The van der Waals surface area contributed by atoms with E-state index < -0.39 is 0 Å². The Hall–Kier alpha value is -2.70. The number of H-pyrrole nitrogens is 1. The minimum Gasteiger partial charge on any atom is -0.342 e. The van der Waals surface area contributed by atoms with Crippen molar-refractivity contribution in [1.82, 2.24) is 20.5 Å². The zero-order valence-corrected chi connectivity index (χ0v) is 13.3. The van der Waals surface area contributed by atoms with E-state index in [1.165, 1.54) is 6.33 Å². The van der Waals surface area contributed by atoms with Gasteiger partial charge in [0, 0.05) is 17.7 Å². The Morgan fingerprint density at radius 1 is 1.26 bits per heavy atom. The number of rotatable bonds is 7. The van der Waals surface area contributed by atoms with Crippen molar-refractivity contribution in [3.63, 3.8) is 0 Å². The summed E-state index contributed by atoms with van der Waals surface area (Å²) in [5.41, 5.74) is 1.20. The Balaban J connectivity index is 1.91. The van der Waals surface area contributed by atoms with Crippen LogP contribution in [0.3, 0.4) is 0 Å². The SMILES string of the molecule is CCCCC(=O)Nc1ccc(C(=O)NC(C)c2ncn[nH]2)cc1. The third-order valence-electron chi connectivity index (χ3n) is 3.38. The van der Waals surface area contributed by atoms with Crippen molar-refractivity contribution in [3.05, 3.63) is 42.0 Å². The Kier molecular flexibility index (Phi) is 5.85. The third kappa shape index (κ3) is 4.91. The van der Waals surface area contributed by atoms with Crippen LogP contribution in [0.2, 0.25) is 0 Å². The first-order chi connectivity index (χ1) is 11.1. The van der Waals surface area contributed by atoms with Crippen LogP contribution in [-0.4, -0.2) is 27.0 Å². The first-order valence-corrected chi connectivity index (χ1v) is 7.66. The quantitative estimate of drug-likeness (QED) is 0.730. The lowest BCUT2D eigenvalue weighted by atomic mass is 10.1. The molecule has 0 aliphatic heterocycles. The molecule has 7 heteroatoms. The number of aromatic amines is 1. The van der Waals surface area contributed by atoms with Gasteiger partial charge in [-0.15, -0.1) is 0 Å². The van der Waals surface area contributed by atoms with E-state index in [1.54, 1.807) is 24.3 Å². The first kappa shape index (κ1) is 16.7. The number of hydrogen-bond acceptors (Lipinski definition) is 4. The fraction of sp³-hybridized carbons (Fsp3) is 0.375. The first-order valence-electron chi connectivity index (χ1n) is 7.66. The Labute approximate surface area is 134 Å². The van der Waals surface area contributed by atoms with E-state index in [9.17, 15) is 9.59 Å². The van der Waals surface area contributed by atoms with Gasteiger partial charge in [0.1, 0.15) is 12.2 Å². The van der Waals surface area contributed by atoms with E-state index in [1.807, 2.05) is 13.8 Å². The Morgan fingerprint density at radius 2 is 2.00 bits per heavy atom. The molecule has 3 N–H and O–H groups in total. The van der Waals surface area contributed by atoms with Crippen molar-refractivity contribution in [2.24, 2.45) is 0 Å². The molecule has 0 bridgehead atoms. The van der Waals surface area contributed by atoms with E-state index in [0.29, 0.717) is 23.5 Å². The summed E-state index contributed by atoms with van der Waals surface area (Å²) in [6.45, 7) is 3.86. The van der Waals surface area contributed by atoms with Crippen LogP contribution in [0.25, 0.3) is 0 Å². The van der Waals surface area contributed by atoms with Crippen molar-refractivity contribution in [1.29, 1.82) is 0 Å². The molecule has 1 aromatic carbocycles. The molecular formula is C16H21N5O2. The van der Waals surface area contributed by atoms with E-state index >= 15 is 0 Å². The molecular weight excluding hydrogens is 294 g/mol. The summed E-state index contributed by atoms with van der Waals surface area (Å²) in [5, 5.41) is 12.1. The smallest absolute Gasteiger partial charge is 0.251 e. The molecule has 0 spiro atoms. The van der Waals surface area contributed by atoms with Gasteiger partial charge in [-0.2, -0.15) is 5.10 Å². The molecule has 0 saturated heterocycles. The average Bonchev–Trinajstić information content (AvgIpc) is 3.08. The number of nitrogens with one attached hydrogen (secondary N) is 3. The van der Waals surface area contributed by atoms with Crippen molar-refractivity contribution >= 4 is 17.5 Å². The number of amides is 2. The zero-order chi connectivity index (χ0) is 16.7. The molecule has 0 aliphatic rings. The van der Waals surface area contributed by atoms with Gasteiger partial charge < -0.3 is 10.6 Å². The van der Waals surface area contributed by atoms with Crippen molar-refractivity contribution < 1.29 is 9.59 Å². The highest BCUT2D eigenvalue weighted by atomic mass is 16.2. The van der Waals surface area contributed by atoms with Crippen LogP contribution in [-0.2, 0) is 4.79 Å². The van der Waals surface area contributed by atoms with Crippen LogP contribution in [0.15, 0.2) is 30.6 Å². The predicted octanol–water partition coefficient (Wildman–Crippen LogP) is 2.42. The summed E-state index contributed by atoms with van der Waals surface area (Å²) in [6.07, 6.45) is 3.75. The Bertz CT molecular complexity index is 637. The van der Waals surface area contributed by atoms with E-state index in [4.69, 9.17) is 0 Å². The number of carbonyl (C=O) groups excluding carboxylic acids is 2. The molecule has 0 radical (unpaired) electrons. The third-order valence-corrected chi connectivity index (χ3v) is 3.38. The van der Waals surface area contributed by atoms with Gasteiger partial charge in [-0.1, -0.05) is 13.3 Å². The maximum absolute atomic E-state index is 12.2. The lowest BCUT2D eigenvalue weighted by molar-refractivity contribution is -0.116. The van der Waals surface area contributed by atoms with Crippen LogP contribution in [0, 0.1) is 0 Å². The van der Waals surface area contributed by atoms with Crippen molar-refractivity contribution in [3.8, 4) is 0 Å². The summed E-state index contributed by atoms with van der Waals surface area (Å²) in [4.78, 5) is 27.8. The van der Waals surface area contributed by atoms with Crippen LogP contribution in [0.4, 0.5) is 5.69 Å².